The molecule has 0 aliphatic carbocycles. The van der Waals surface area contributed by atoms with Gasteiger partial charge in [-0.2, -0.15) is 0 Å². The minimum absolute atomic E-state index is 0.0775. The van der Waals surface area contributed by atoms with Crippen LogP contribution < -0.4 is 9.47 Å². The van der Waals surface area contributed by atoms with Gasteiger partial charge in [0.15, 0.2) is 23.1 Å². The fourth-order valence-corrected chi connectivity index (χ4v) is 2.86. The van der Waals surface area contributed by atoms with E-state index in [0.29, 0.717) is 23.6 Å². The molecule has 4 nitrogen and oxygen atoms in total. The molecule has 6 heteroatoms. The van der Waals surface area contributed by atoms with Crippen LogP contribution in [-0.4, -0.2) is 43.4 Å². The van der Waals surface area contributed by atoms with Gasteiger partial charge in [0.1, 0.15) is 12.7 Å². The first kappa shape index (κ1) is 21.9. The SMILES string of the molecule is C/C=C/c1ccc(OCC(O)CN(C)C(C)c2ccc(F)c(F)c2)c(OC)c1. The van der Waals surface area contributed by atoms with Crippen LogP contribution in [0.1, 0.15) is 31.0 Å². The third-order valence-corrected chi connectivity index (χ3v) is 4.56. The van der Waals surface area contributed by atoms with Crippen LogP contribution >= 0.6 is 0 Å². The topological polar surface area (TPSA) is 41.9 Å². The van der Waals surface area contributed by atoms with Crippen LogP contribution in [0.4, 0.5) is 8.78 Å². The van der Waals surface area contributed by atoms with Crippen molar-refractivity contribution in [3.8, 4) is 11.5 Å². The molecule has 2 atom stereocenters. The van der Waals surface area contributed by atoms with Gasteiger partial charge >= 0.3 is 0 Å². The molecule has 1 N–H and O–H groups in total. The number of ether oxygens (including phenoxy) is 2. The first-order valence-corrected chi connectivity index (χ1v) is 9.12. The number of hydrogen-bond acceptors (Lipinski definition) is 4. The van der Waals surface area contributed by atoms with Crippen LogP contribution in [0.15, 0.2) is 42.5 Å². The number of aliphatic hydroxyl groups excluding tert-OH is 1. The predicted molar refractivity (Wildman–Crippen MR) is 107 cm³/mol. The van der Waals surface area contributed by atoms with Gasteiger partial charge in [-0.05, 0) is 56.3 Å². The minimum atomic E-state index is -0.880. The van der Waals surface area contributed by atoms with E-state index in [0.717, 1.165) is 11.6 Å². The second kappa shape index (κ2) is 10.2. The lowest BCUT2D eigenvalue weighted by Gasteiger charge is -2.27. The van der Waals surface area contributed by atoms with Gasteiger partial charge in [-0.15, -0.1) is 0 Å². The van der Waals surface area contributed by atoms with E-state index in [2.05, 4.69) is 0 Å². The fraction of sp³-hybridized carbons (Fsp3) is 0.364. The molecule has 0 fully saturated rings. The Kier molecular flexibility index (Phi) is 7.96. The van der Waals surface area contributed by atoms with Gasteiger partial charge in [0.2, 0.25) is 0 Å². The Balaban J connectivity index is 1.94. The summed E-state index contributed by atoms with van der Waals surface area (Å²) in [7, 11) is 3.37. The van der Waals surface area contributed by atoms with Crippen molar-refractivity contribution in [2.24, 2.45) is 0 Å². The second-order valence-corrected chi connectivity index (χ2v) is 6.66. The summed E-state index contributed by atoms with van der Waals surface area (Å²) < 4.78 is 37.6. The van der Waals surface area contributed by atoms with Crippen LogP contribution in [0.5, 0.6) is 11.5 Å². The van der Waals surface area contributed by atoms with E-state index in [1.165, 1.54) is 6.07 Å². The smallest absolute Gasteiger partial charge is 0.161 e. The lowest BCUT2D eigenvalue weighted by atomic mass is 10.1. The summed E-state index contributed by atoms with van der Waals surface area (Å²) in [6, 6.07) is 9.20. The largest absolute Gasteiger partial charge is 0.493 e. The molecule has 0 bridgehead atoms. The number of rotatable bonds is 9. The number of benzene rings is 2. The van der Waals surface area contributed by atoms with E-state index >= 15 is 0 Å². The van der Waals surface area contributed by atoms with E-state index in [9.17, 15) is 13.9 Å². The van der Waals surface area contributed by atoms with Crippen molar-refractivity contribution in [3.05, 3.63) is 65.2 Å². The predicted octanol–water partition coefficient (Wildman–Crippen LogP) is 4.44. The van der Waals surface area contributed by atoms with Gasteiger partial charge in [0.25, 0.3) is 0 Å². The fourth-order valence-electron chi connectivity index (χ4n) is 2.86. The zero-order valence-corrected chi connectivity index (χ0v) is 16.7. The number of hydrogen-bond donors (Lipinski definition) is 1. The molecule has 0 radical (unpaired) electrons. The van der Waals surface area contributed by atoms with Crippen LogP contribution in [0.25, 0.3) is 6.08 Å². The van der Waals surface area contributed by atoms with Gasteiger partial charge in [0.05, 0.1) is 7.11 Å². The molecule has 2 aromatic rings. The summed E-state index contributed by atoms with van der Waals surface area (Å²) >= 11 is 0. The Labute approximate surface area is 165 Å². The molecule has 0 aliphatic heterocycles. The highest BCUT2D eigenvalue weighted by Crippen LogP contribution is 2.29. The van der Waals surface area contributed by atoms with Crippen molar-refractivity contribution in [1.82, 2.24) is 4.90 Å². The molecule has 0 aromatic heterocycles. The lowest BCUT2D eigenvalue weighted by Crippen LogP contribution is -2.34. The first-order chi connectivity index (χ1) is 13.3. The maximum Gasteiger partial charge on any atom is 0.161 e. The van der Waals surface area contributed by atoms with E-state index in [1.807, 2.05) is 50.1 Å². The Bertz CT molecular complexity index is 810. The third-order valence-electron chi connectivity index (χ3n) is 4.56. The highest BCUT2D eigenvalue weighted by Gasteiger charge is 2.18. The minimum Gasteiger partial charge on any atom is -0.493 e. The lowest BCUT2D eigenvalue weighted by molar-refractivity contribution is 0.0644. The molecule has 0 amide bonds. The molecule has 0 spiro atoms. The Morgan fingerprint density at radius 2 is 1.86 bits per heavy atom. The van der Waals surface area contributed by atoms with Gasteiger partial charge in [-0.25, -0.2) is 8.78 Å². The van der Waals surface area contributed by atoms with Crippen LogP contribution in [-0.2, 0) is 0 Å². The van der Waals surface area contributed by atoms with E-state index < -0.39 is 17.7 Å². The molecular formula is C22H27F2NO3. The van der Waals surface area contributed by atoms with E-state index in [1.54, 1.807) is 19.2 Å². The summed E-state index contributed by atoms with van der Waals surface area (Å²) in [5.41, 5.74) is 1.63. The molecule has 2 unspecified atom stereocenters. The van der Waals surface area contributed by atoms with E-state index in [-0.39, 0.29) is 12.6 Å². The normalized spacial score (nSPS) is 13.7. The summed E-state index contributed by atoms with van der Waals surface area (Å²) in [6.07, 6.45) is 3.12. The van der Waals surface area contributed by atoms with Crippen LogP contribution in [0, 0.1) is 11.6 Å². The van der Waals surface area contributed by atoms with Crippen molar-refractivity contribution < 1.29 is 23.4 Å². The average molecular weight is 391 g/mol. The molecule has 28 heavy (non-hydrogen) atoms. The number of likely N-dealkylation sites (N-methyl/N-ethyl adjacent to an activating group) is 1. The first-order valence-electron chi connectivity index (χ1n) is 9.12. The Morgan fingerprint density at radius 3 is 2.50 bits per heavy atom. The monoisotopic (exact) mass is 391 g/mol. The average Bonchev–Trinajstić information content (AvgIpc) is 2.68. The maximum absolute atomic E-state index is 13.4. The van der Waals surface area contributed by atoms with E-state index in [4.69, 9.17) is 9.47 Å². The quantitative estimate of drug-likeness (QED) is 0.686. The van der Waals surface area contributed by atoms with Crippen LogP contribution in [0.3, 0.4) is 0 Å². The zero-order valence-electron chi connectivity index (χ0n) is 16.7. The summed E-state index contributed by atoms with van der Waals surface area (Å²) in [6.45, 7) is 4.18. The van der Waals surface area contributed by atoms with Crippen molar-refractivity contribution in [1.29, 1.82) is 0 Å². The molecule has 2 aromatic carbocycles. The van der Waals surface area contributed by atoms with Gasteiger partial charge in [-0.3, -0.25) is 4.90 Å². The van der Waals surface area contributed by atoms with Crippen molar-refractivity contribution in [2.75, 3.05) is 27.3 Å². The number of aliphatic hydroxyl groups is 1. The molecule has 0 saturated carbocycles. The molecular weight excluding hydrogens is 364 g/mol. The standard InChI is InChI=1S/C22H27F2NO3/c1-5-6-16-7-10-21(22(11-16)27-4)28-14-18(26)13-25(3)15(2)17-8-9-19(23)20(24)12-17/h5-12,15,18,26H,13-14H2,1-4H3/b6-5+. The summed E-state index contributed by atoms with van der Waals surface area (Å²) in [4.78, 5) is 1.85. The number of nitrogens with zero attached hydrogens (tertiary/aromatic N) is 1. The Morgan fingerprint density at radius 1 is 1.11 bits per heavy atom. The van der Waals surface area contributed by atoms with Gasteiger partial charge in [-0.1, -0.05) is 24.3 Å². The summed E-state index contributed by atoms with van der Waals surface area (Å²) in [5, 5.41) is 10.3. The van der Waals surface area contributed by atoms with Crippen molar-refractivity contribution >= 4 is 6.08 Å². The second-order valence-electron chi connectivity index (χ2n) is 6.66. The van der Waals surface area contributed by atoms with Crippen molar-refractivity contribution in [2.45, 2.75) is 26.0 Å². The molecule has 0 saturated heterocycles. The number of allylic oxidation sites excluding steroid dienone is 1. The molecule has 0 heterocycles. The highest BCUT2D eigenvalue weighted by atomic mass is 19.2. The zero-order chi connectivity index (χ0) is 20.7. The van der Waals surface area contributed by atoms with Crippen LogP contribution in [0.2, 0.25) is 0 Å². The number of halogens is 2. The van der Waals surface area contributed by atoms with Gasteiger partial charge < -0.3 is 14.6 Å². The Hall–Kier alpha value is -2.44. The third kappa shape index (κ3) is 5.78. The number of methoxy groups -OCH3 is 1. The summed E-state index contributed by atoms with van der Waals surface area (Å²) in [5.74, 6) is -0.617. The molecule has 0 aliphatic rings. The van der Waals surface area contributed by atoms with Gasteiger partial charge in [0, 0.05) is 12.6 Å². The highest BCUT2D eigenvalue weighted by molar-refractivity contribution is 5.55. The molecule has 152 valence electrons. The van der Waals surface area contributed by atoms with Crippen molar-refractivity contribution in [3.63, 3.8) is 0 Å². The maximum atomic E-state index is 13.4. The molecule has 2 rings (SSSR count).